The number of ether oxygens (including phenoxy) is 1. The van der Waals surface area contributed by atoms with Crippen LogP contribution in [0.15, 0.2) is 24.4 Å². The molecule has 1 aromatic rings. The van der Waals surface area contributed by atoms with Gasteiger partial charge in [0.05, 0.1) is 0 Å². The van der Waals surface area contributed by atoms with E-state index in [1.54, 1.807) is 0 Å². The highest BCUT2D eigenvalue weighted by Crippen LogP contribution is 2.24. The number of hydrogen-bond donors (Lipinski definition) is 2. The second-order valence-electron chi connectivity index (χ2n) is 6.19. The molecule has 4 nitrogen and oxygen atoms in total. The minimum Gasteiger partial charge on any atom is -0.489 e. The molecule has 3 rings (SSSR count). The Morgan fingerprint density at radius 1 is 1.48 bits per heavy atom. The molecule has 2 atom stereocenters. The van der Waals surface area contributed by atoms with Gasteiger partial charge in [0.15, 0.2) is 0 Å². The fourth-order valence-electron chi connectivity index (χ4n) is 3.15. The van der Waals surface area contributed by atoms with Gasteiger partial charge in [0.2, 0.25) is 0 Å². The number of piperidine rings is 1. The minimum absolute atomic E-state index is 0.227. The third kappa shape index (κ3) is 3.77. The molecule has 1 fully saturated rings. The Morgan fingerprint density at radius 3 is 3.24 bits per heavy atom. The minimum atomic E-state index is 0.227. The summed E-state index contributed by atoms with van der Waals surface area (Å²) in [5.74, 6) is 0.980. The van der Waals surface area contributed by atoms with Gasteiger partial charge in [-0.3, -0.25) is 4.90 Å². The van der Waals surface area contributed by atoms with Gasteiger partial charge in [-0.25, -0.2) is 0 Å². The third-order valence-corrected chi connectivity index (χ3v) is 4.10. The van der Waals surface area contributed by atoms with E-state index in [9.17, 15) is 0 Å². The second-order valence-corrected chi connectivity index (χ2v) is 6.19. The zero-order chi connectivity index (χ0) is 14.7. The topological polar surface area (TPSA) is 50.5 Å². The van der Waals surface area contributed by atoms with Crippen molar-refractivity contribution >= 4 is 6.08 Å². The van der Waals surface area contributed by atoms with Crippen molar-refractivity contribution < 1.29 is 4.74 Å². The highest BCUT2D eigenvalue weighted by Gasteiger charge is 2.22. The number of nitrogens with zero attached hydrogens (tertiary/aromatic N) is 1. The Hall–Kier alpha value is -1.52. The van der Waals surface area contributed by atoms with Crippen molar-refractivity contribution in [1.29, 1.82) is 0 Å². The first kappa shape index (κ1) is 14.4. The van der Waals surface area contributed by atoms with Crippen molar-refractivity contribution in [2.45, 2.75) is 38.5 Å². The number of nitrogens with one attached hydrogen (secondary N) is 1. The summed E-state index contributed by atoms with van der Waals surface area (Å²) in [6.07, 6.45) is 6.70. The Morgan fingerprint density at radius 2 is 2.38 bits per heavy atom. The van der Waals surface area contributed by atoms with Gasteiger partial charge in [0.1, 0.15) is 11.9 Å². The number of fused-ring (bicyclic) bond motifs is 1. The highest BCUT2D eigenvalue weighted by atomic mass is 16.5. The molecule has 0 aromatic heterocycles. The van der Waals surface area contributed by atoms with Crippen LogP contribution in [0.1, 0.15) is 30.9 Å². The van der Waals surface area contributed by atoms with E-state index in [4.69, 9.17) is 10.5 Å². The van der Waals surface area contributed by atoms with Gasteiger partial charge in [0, 0.05) is 25.7 Å². The molecule has 0 saturated carbocycles. The largest absolute Gasteiger partial charge is 0.489 e. The van der Waals surface area contributed by atoms with E-state index in [0.717, 1.165) is 38.3 Å². The summed E-state index contributed by atoms with van der Waals surface area (Å²) in [5, 5.41) is 3.23. The van der Waals surface area contributed by atoms with E-state index in [2.05, 4.69) is 41.4 Å². The van der Waals surface area contributed by atoms with Crippen LogP contribution < -0.4 is 15.8 Å². The molecule has 0 bridgehead atoms. The van der Waals surface area contributed by atoms with Crippen LogP contribution in [-0.4, -0.2) is 36.7 Å². The molecule has 1 saturated heterocycles. The fourth-order valence-corrected chi connectivity index (χ4v) is 3.15. The first-order valence-corrected chi connectivity index (χ1v) is 7.88. The van der Waals surface area contributed by atoms with Crippen molar-refractivity contribution in [1.82, 2.24) is 10.2 Å². The van der Waals surface area contributed by atoms with E-state index < -0.39 is 0 Å². The molecule has 1 unspecified atom stereocenters. The summed E-state index contributed by atoms with van der Waals surface area (Å²) in [5.41, 5.74) is 8.49. The number of rotatable bonds is 4. The number of likely N-dealkylation sites (tertiary alicyclic amines) is 1. The summed E-state index contributed by atoms with van der Waals surface area (Å²) in [4.78, 5) is 2.42. The molecule has 4 heteroatoms. The van der Waals surface area contributed by atoms with Crippen LogP contribution in [0.2, 0.25) is 0 Å². The first-order valence-electron chi connectivity index (χ1n) is 7.88. The molecule has 1 aromatic carbocycles. The number of nitrogens with two attached hydrogens (primary N) is 1. The lowest BCUT2D eigenvalue weighted by atomic mass is 10.0. The summed E-state index contributed by atoms with van der Waals surface area (Å²) >= 11 is 0. The molecule has 2 aliphatic rings. The highest BCUT2D eigenvalue weighted by molar-refractivity contribution is 5.57. The Kier molecular flexibility index (Phi) is 4.46. The van der Waals surface area contributed by atoms with Gasteiger partial charge in [-0.1, -0.05) is 6.07 Å². The summed E-state index contributed by atoms with van der Waals surface area (Å²) < 4.78 is 6.20. The smallest absolute Gasteiger partial charge is 0.120 e. The van der Waals surface area contributed by atoms with E-state index >= 15 is 0 Å². The van der Waals surface area contributed by atoms with E-state index in [-0.39, 0.29) is 12.1 Å². The predicted molar refractivity (Wildman–Crippen MR) is 86.1 cm³/mol. The van der Waals surface area contributed by atoms with Crippen LogP contribution in [0.3, 0.4) is 0 Å². The lowest BCUT2D eigenvalue weighted by Gasteiger charge is -2.33. The van der Waals surface area contributed by atoms with Crippen LogP contribution in [0.25, 0.3) is 6.08 Å². The van der Waals surface area contributed by atoms with Gasteiger partial charge in [-0.15, -0.1) is 0 Å². The van der Waals surface area contributed by atoms with Crippen molar-refractivity contribution in [3.63, 3.8) is 0 Å². The van der Waals surface area contributed by atoms with Gasteiger partial charge in [-0.2, -0.15) is 0 Å². The van der Waals surface area contributed by atoms with E-state index in [1.165, 1.54) is 17.5 Å². The maximum atomic E-state index is 6.20. The van der Waals surface area contributed by atoms with E-state index in [1.807, 2.05) is 6.20 Å². The molecule has 2 aliphatic heterocycles. The van der Waals surface area contributed by atoms with Crippen molar-refractivity contribution in [3.05, 3.63) is 35.5 Å². The monoisotopic (exact) mass is 287 g/mol. The Bertz CT molecular complexity index is 513. The Labute approximate surface area is 127 Å². The van der Waals surface area contributed by atoms with Crippen molar-refractivity contribution in [2.24, 2.45) is 5.73 Å². The zero-order valence-electron chi connectivity index (χ0n) is 12.7. The van der Waals surface area contributed by atoms with Crippen LogP contribution in [-0.2, 0) is 6.54 Å². The molecule has 114 valence electrons. The third-order valence-electron chi connectivity index (χ3n) is 4.10. The molecule has 0 aliphatic carbocycles. The molecule has 0 amide bonds. The van der Waals surface area contributed by atoms with Crippen molar-refractivity contribution in [3.8, 4) is 5.75 Å². The van der Waals surface area contributed by atoms with Gasteiger partial charge >= 0.3 is 0 Å². The molecular formula is C17H25N3O. The van der Waals surface area contributed by atoms with Crippen LogP contribution in [0, 0.1) is 0 Å². The standard InChI is InChI=1S/C17H25N3O/c1-13(18)11-20-8-2-3-17(12-20)21-16-5-4-15-10-19-7-6-14(15)9-16/h4-7,9,13,17,19H,2-3,8,10-12,18H2,1H3/t13-,17?/m0/s1. The van der Waals surface area contributed by atoms with Crippen LogP contribution >= 0.6 is 0 Å². The first-order chi connectivity index (χ1) is 10.2. The predicted octanol–water partition coefficient (Wildman–Crippen LogP) is 1.95. The summed E-state index contributed by atoms with van der Waals surface area (Å²) in [7, 11) is 0. The van der Waals surface area contributed by atoms with Crippen LogP contribution in [0.4, 0.5) is 0 Å². The lowest BCUT2D eigenvalue weighted by Crippen LogP contribution is -2.45. The lowest BCUT2D eigenvalue weighted by molar-refractivity contribution is 0.0859. The maximum absolute atomic E-state index is 6.20. The van der Waals surface area contributed by atoms with Gasteiger partial charge in [-0.05, 0) is 61.8 Å². The molecule has 3 N–H and O–H groups in total. The quantitative estimate of drug-likeness (QED) is 0.889. The van der Waals surface area contributed by atoms with Crippen LogP contribution in [0.5, 0.6) is 5.75 Å². The fraction of sp³-hybridized carbons (Fsp3) is 0.529. The zero-order valence-corrected chi connectivity index (χ0v) is 12.7. The summed E-state index contributed by atoms with van der Waals surface area (Å²) in [6, 6.07) is 6.62. The number of benzene rings is 1. The maximum Gasteiger partial charge on any atom is 0.120 e. The average molecular weight is 287 g/mol. The normalized spacial score (nSPS) is 23.2. The number of hydrogen-bond acceptors (Lipinski definition) is 4. The molecule has 21 heavy (non-hydrogen) atoms. The average Bonchev–Trinajstić information content (AvgIpc) is 2.47. The Balaban J connectivity index is 1.62. The van der Waals surface area contributed by atoms with Gasteiger partial charge in [0.25, 0.3) is 0 Å². The molecule has 0 radical (unpaired) electrons. The van der Waals surface area contributed by atoms with Gasteiger partial charge < -0.3 is 15.8 Å². The molecule has 2 heterocycles. The molecule has 0 spiro atoms. The van der Waals surface area contributed by atoms with E-state index in [0.29, 0.717) is 0 Å². The molecular weight excluding hydrogens is 262 g/mol. The SMILES string of the molecule is C[C@H](N)CN1CCCC(Oc2ccc3c(c2)C=CNC3)C1. The second kappa shape index (κ2) is 6.50. The van der Waals surface area contributed by atoms with Crippen molar-refractivity contribution in [2.75, 3.05) is 19.6 Å². The summed E-state index contributed by atoms with van der Waals surface area (Å²) in [6.45, 7) is 6.04.